The van der Waals surface area contributed by atoms with Crippen molar-refractivity contribution in [3.05, 3.63) is 34.6 Å². The molecular weight excluding hydrogens is 342 g/mol. The number of hydrogen-bond donors (Lipinski definition) is 0. The summed E-state index contributed by atoms with van der Waals surface area (Å²) in [7, 11) is 1.69. The normalized spacial score (nSPS) is 15.3. The Bertz CT molecular complexity index is 969. The molecule has 0 aliphatic heterocycles. The monoisotopic (exact) mass is 367 g/mol. The highest BCUT2D eigenvalue weighted by atomic mass is 16.5. The van der Waals surface area contributed by atoms with E-state index in [0.717, 1.165) is 35.2 Å². The van der Waals surface area contributed by atoms with Gasteiger partial charge in [0.25, 0.3) is 5.88 Å². The number of rotatable bonds is 6. The minimum Gasteiger partial charge on any atom is -0.469 e. The van der Waals surface area contributed by atoms with Crippen LogP contribution in [-0.4, -0.2) is 34.9 Å². The number of methoxy groups -OCH3 is 1. The van der Waals surface area contributed by atoms with Gasteiger partial charge < -0.3 is 14.0 Å². The van der Waals surface area contributed by atoms with Crippen LogP contribution in [0.15, 0.2) is 16.7 Å². The zero-order valence-electron chi connectivity index (χ0n) is 16.5. The molecular formula is C21H25N3O3. The van der Waals surface area contributed by atoms with Crippen LogP contribution in [0, 0.1) is 33.6 Å². The third-order valence-corrected chi connectivity index (χ3v) is 5.05. The lowest BCUT2D eigenvalue weighted by atomic mass is 9.97. The maximum absolute atomic E-state index is 6.19. The summed E-state index contributed by atoms with van der Waals surface area (Å²) in [5.74, 6) is 1.60. The van der Waals surface area contributed by atoms with Crippen LogP contribution in [-0.2, 0) is 4.74 Å². The van der Waals surface area contributed by atoms with Crippen molar-refractivity contribution >= 4 is 11.1 Å². The van der Waals surface area contributed by atoms with E-state index in [-0.39, 0.29) is 6.10 Å². The topological polar surface area (TPSA) is 70.3 Å². The van der Waals surface area contributed by atoms with Gasteiger partial charge in [-0.15, -0.1) is 0 Å². The second-order valence-corrected chi connectivity index (χ2v) is 7.51. The minimum atomic E-state index is -0.0242. The molecule has 1 unspecified atom stereocenters. The van der Waals surface area contributed by atoms with Crippen LogP contribution in [0.4, 0.5) is 0 Å². The molecule has 27 heavy (non-hydrogen) atoms. The van der Waals surface area contributed by atoms with Gasteiger partial charge in [0.05, 0.1) is 6.61 Å². The molecule has 0 radical (unpaired) electrons. The summed E-state index contributed by atoms with van der Waals surface area (Å²) in [6.45, 7) is 8.66. The van der Waals surface area contributed by atoms with Crippen molar-refractivity contribution in [2.45, 2.75) is 46.6 Å². The van der Waals surface area contributed by atoms with Gasteiger partial charge in [0.15, 0.2) is 0 Å². The standard InChI is InChI=1S/C21H25N3O3/c1-11-8-12(2)17(13(3)9-11)18-19-20(27-24-18)21(23-14(4)22-19)26-16(10-25-5)15-6-7-15/h8-9,15-16H,6-7,10H2,1-5H3. The van der Waals surface area contributed by atoms with E-state index < -0.39 is 0 Å². The first-order chi connectivity index (χ1) is 13.0. The van der Waals surface area contributed by atoms with Gasteiger partial charge in [-0.05, 0) is 57.6 Å². The second kappa shape index (κ2) is 6.93. The molecule has 2 heterocycles. The molecule has 1 atom stereocenters. The Balaban J connectivity index is 1.81. The van der Waals surface area contributed by atoms with E-state index in [4.69, 9.17) is 14.0 Å². The highest BCUT2D eigenvalue weighted by Crippen LogP contribution is 2.38. The second-order valence-electron chi connectivity index (χ2n) is 7.51. The van der Waals surface area contributed by atoms with Gasteiger partial charge in [-0.2, -0.15) is 4.98 Å². The maximum Gasteiger partial charge on any atom is 0.265 e. The average molecular weight is 367 g/mol. The molecule has 1 saturated carbocycles. The Morgan fingerprint density at radius 2 is 1.81 bits per heavy atom. The number of aryl methyl sites for hydroxylation is 4. The molecule has 6 nitrogen and oxygen atoms in total. The maximum atomic E-state index is 6.19. The Morgan fingerprint density at radius 3 is 2.44 bits per heavy atom. The van der Waals surface area contributed by atoms with E-state index in [2.05, 4.69) is 48.0 Å². The Hall–Kier alpha value is -2.47. The van der Waals surface area contributed by atoms with Crippen molar-refractivity contribution in [1.82, 2.24) is 15.1 Å². The van der Waals surface area contributed by atoms with Crippen LogP contribution >= 0.6 is 0 Å². The molecule has 3 aromatic rings. The van der Waals surface area contributed by atoms with Gasteiger partial charge in [0.1, 0.15) is 23.1 Å². The highest BCUT2D eigenvalue weighted by molar-refractivity contribution is 5.92. The SMILES string of the molecule is COCC(Oc1nc(C)nc2c(-c3c(C)cc(C)cc3C)noc12)C1CC1. The van der Waals surface area contributed by atoms with E-state index in [9.17, 15) is 0 Å². The molecule has 0 spiro atoms. The summed E-state index contributed by atoms with van der Waals surface area (Å²) in [4.78, 5) is 9.09. The lowest BCUT2D eigenvalue weighted by Gasteiger charge is -2.17. The fourth-order valence-electron chi connectivity index (χ4n) is 3.75. The minimum absolute atomic E-state index is 0.0242. The first kappa shape index (κ1) is 17.9. The Kier molecular flexibility index (Phi) is 4.60. The van der Waals surface area contributed by atoms with Gasteiger partial charge in [0, 0.05) is 12.7 Å². The van der Waals surface area contributed by atoms with Crippen molar-refractivity contribution < 1.29 is 14.0 Å². The summed E-state index contributed by atoms with van der Waals surface area (Å²) in [5, 5.41) is 4.34. The fourth-order valence-corrected chi connectivity index (χ4v) is 3.75. The molecule has 4 rings (SSSR count). The molecule has 0 bridgehead atoms. The first-order valence-corrected chi connectivity index (χ1v) is 9.35. The zero-order valence-corrected chi connectivity index (χ0v) is 16.5. The zero-order chi connectivity index (χ0) is 19.1. The van der Waals surface area contributed by atoms with Gasteiger partial charge in [-0.25, -0.2) is 4.98 Å². The first-order valence-electron chi connectivity index (χ1n) is 9.35. The third-order valence-electron chi connectivity index (χ3n) is 5.05. The largest absolute Gasteiger partial charge is 0.469 e. The van der Waals surface area contributed by atoms with E-state index in [1.807, 2.05) is 6.92 Å². The van der Waals surface area contributed by atoms with Crippen LogP contribution in [0.3, 0.4) is 0 Å². The molecule has 0 amide bonds. The summed E-state index contributed by atoms with van der Waals surface area (Å²) in [6, 6.07) is 4.30. The van der Waals surface area contributed by atoms with E-state index in [1.165, 1.54) is 5.56 Å². The third kappa shape index (κ3) is 3.41. The smallest absolute Gasteiger partial charge is 0.265 e. The quantitative estimate of drug-likeness (QED) is 0.646. The molecule has 2 aromatic heterocycles. The van der Waals surface area contributed by atoms with Crippen molar-refractivity contribution in [3.8, 4) is 17.1 Å². The predicted octanol–water partition coefficient (Wildman–Crippen LogP) is 4.32. The number of benzene rings is 1. The summed E-state index contributed by atoms with van der Waals surface area (Å²) in [6.07, 6.45) is 2.29. The fraction of sp³-hybridized carbons (Fsp3) is 0.476. The number of fused-ring (bicyclic) bond motifs is 1. The van der Waals surface area contributed by atoms with Crippen molar-refractivity contribution in [2.24, 2.45) is 5.92 Å². The molecule has 0 saturated heterocycles. The van der Waals surface area contributed by atoms with Crippen LogP contribution in [0.2, 0.25) is 0 Å². The molecule has 6 heteroatoms. The number of ether oxygens (including phenoxy) is 2. The number of aromatic nitrogens is 3. The summed E-state index contributed by atoms with van der Waals surface area (Å²) >= 11 is 0. The van der Waals surface area contributed by atoms with E-state index >= 15 is 0 Å². The van der Waals surface area contributed by atoms with Gasteiger partial charge in [0.2, 0.25) is 5.58 Å². The van der Waals surface area contributed by atoms with Gasteiger partial charge in [-0.1, -0.05) is 22.9 Å². The lowest BCUT2D eigenvalue weighted by Crippen LogP contribution is -2.25. The van der Waals surface area contributed by atoms with Crippen molar-refractivity contribution in [2.75, 3.05) is 13.7 Å². The molecule has 1 fully saturated rings. The van der Waals surface area contributed by atoms with Crippen LogP contribution in [0.25, 0.3) is 22.4 Å². The van der Waals surface area contributed by atoms with Crippen LogP contribution in [0.1, 0.15) is 35.4 Å². The Labute approximate surface area is 158 Å². The van der Waals surface area contributed by atoms with Crippen LogP contribution < -0.4 is 4.74 Å². The van der Waals surface area contributed by atoms with Crippen molar-refractivity contribution in [1.29, 1.82) is 0 Å². The number of hydrogen-bond acceptors (Lipinski definition) is 6. The van der Waals surface area contributed by atoms with Crippen molar-refractivity contribution in [3.63, 3.8) is 0 Å². The highest BCUT2D eigenvalue weighted by Gasteiger charge is 2.34. The van der Waals surface area contributed by atoms with E-state index in [1.54, 1.807) is 7.11 Å². The van der Waals surface area contributed by atoms with E-state index in [0.29, 0.717) is 35.3 Å². The van der Waals surface area contributed by atoms with Gasteiger partial charge in [-0.3, -0.25) is 0 Å². The summed E-state index contributed by atoms with van der Waals surface area (Å²) < 4.78 is 17.2. The molecule has 1 aliphatic carbocycles. The average Bonchev–Trinajstić information content (AvgIpc) is 3.36. The lowest BCUT2D eigenvalue weighted by molar-refractivity contribution is 0.0645. The molecule has 1 aromatic carbocycles. The van der Waals surface area contributed by atoms with Gasteiger partial charge >= 0.3 is 0 Å². The summed E-state index contributed by atoms with van der Waals surface area (Å²) in [5.41, 5.74) is 6.51. The number of nitrogens with zero attached hydrogens (tertiary/aromatic N) is 3. The molecule has 0 N–H and O–H groups in total. The molecule has 1 aliphatic rings. The van der Waals surface area contributed by atoms with Crippen LogP contribution in [0.5, 0.6) is 5.88 Å². The predicted molar refractivity (Wildman–Crippen MR) is 103 cm³/mol. The Morgan fingerprint density at radius 1 is 1.11 bits per heavy atom. The molecule has 142 valence electrons.